The molecule has 0 aliphatic heterocycles. The highest BCUT2D eigenvalue weighted by molar-refractivity contribution is 5.79. The number of para-hydroxylation sites is 1. The minimum Gasteiger partial charge on any atom is -0.459 e. The van der Waals surface area contributed by atoms with Gasteiger partial charge in [0.1, 0.15) is 17.4 Å². The second-order valence-electron chi connectivity index (χ2n) is 7.46. The van der Waals surface area contributed by atoms with E-state index in [0.29, 0.717) is 24.0 Å². The van der Waals surface area contributed by atoms with Crippen molar-refractivity contribution >= 4 is 16.9 Å². The van der Waals surface area contributed by atoms with Crippen LogP contribution in [0.4, 0.5) is 0 Å². The van der Waals surface area contributed by atoms with E-state index in [1.54, 1.807) is 0 Å². The maximum atomic E-state index is 12.8. The van der Waals surface area contributed by atoms with E-state index in [2.05, 4.69) is 15.5 Å². The molecule has 1 N–H and O–H groups in total. The average Bonchev–Trinajstić information content (AvgIpc) is 3.49. The van der Waals surface area contributed by atoms with Crippen LogP contribution < -0.4 is 5.32 Å². The second kappa shape index (κ2) is 8.89. The Labute approximate surface area is 184 Å². The van der Waals surface area contributed by atoms with Gasteiger partial charge in [-0.1, -0.05) is 66.7 Å². The minimum absolute atomic E-state index is 0.126. The number of carbonyl (C=O) groups excluding carboxylic acids is 1. The van der Waals surface area contributed by atoms with Crippen LogP contribution in [0.5, 0.6) is 0 Å². The number of aromatic nitrogens is 2. The molecule has 0 aliphatic carbocycles. The SMILES string of the molecule is O=C(CCc1nnc(-c2ccccc2)o1)NC(c1ccccc1)c1cc2ccccc2o1. The van der Waals surface area contributed by atoms with Gasteiger partial charge in [-0.15, -0.1) is 10.2 Å². The molecule has 3 aromatic carbocycles. The molecule has 0 saturated carbocycles. The first-order valence-electron chi connectivity index (χ1n) is 10.5. The van der Waals surface area contributed by atoms with Gasteiger partial charge in [0.05, 0.1) is 0 Å². The summed E-state index contributed by atoms with van der Waals surface area (Å²) in [7, 11) is 0. The summed E-state index contributed by atoms with van der Waals surface area (Å²) in [6, 6.07) is 28.7. The summed E-state index contributed by atoms with van der Waals surface area (Å²) in [6.45, 7) is 0. The van der Waals surface area contributed by atoms with Crippen LogP contribution in [0.25, 0.3) is 22.4 Å². The standard InChI is InChI=1S/C26H21N3O3/c30-23(15-16-24-28-29-26(32-24)19-11-5-2-6-12-19)27-25(18-9-3-1-4-10-18)22-17-20-13-7-8-14-21(20)31-22/h1-14,17,25H,15-16H2,(H,27,30). The maximum absolute atomic E-state index is 12.8. The molecule has 1 atom stereocenters. The monoisotopic (exact) mass is 423 g/mol. The fourth-order valence-electron chi connectivity index (χ4n) is 3.61. The van der Waals surface area contributed by atoms with Crippen LogP contribution in [-0.4, -0.2) is 16.1 Å². The number of hydrogen-bond donors (Lipinski definition) is 1. The van der Waals surface area contributed by atoms with Crippen LogP contribution in [0.3, 0.4) is 0 Å². The van der Waals surface area contributed by atoms with Crippen molar-refractivity contribution in [1.29, 1.82) is 0 Å². The van der Waals surface area contributed by atoms with Crippen molar-refractivity contribution in [1.82, 2.24) is 15.5 Å². The van der Waals surface area contributed by atoms with Crippen LogP contribution in [0.1, 0.15) is 29.7 Å². The number of nitrogens with one attached hydrogen (secondary N) is 1. The average molecular weight is 423 g/mol. The fraction of sp³-hybridized carbons (Fsp3) is 0.115. The van der Waals surface area contributed by atoms with Gasteiger partial charge in [-0.25, -0.2) is 0 Å². The fourth-order valence-corrected chi connectivity index (χ4v) is 3.61. The first-order valence-corrected chi connectivity index (χ1v) is 10.5. The quantitative estimate of drug-likeness (QED) is 0.383. The summed E-state index contributed by atoms with van der Waals surface area (Å²) >= 11 is 0. The largest absolute Gasteiger partial charge is 0.459 e. The lowest BCUT2D eigenvalue weighted by Gasteiger charge is -2.17. The molecule has 6 nitrogen and oxygen atoms in total. The number of nitrogens with zero attached hydrogens (tertiary/aromatic N) is 2. The molecule has 1 unspecified atom stereocenters. The van der Waals surface area contributed by atoms with E-state index < -0.39 is 6.04 Å². The summed E-state index contributed by atoms with van der Waals surface area (Å²) in [5.41, 5.74) is 2.59. The Morgan fingerprint density at radius 2 is 1.56 bits per heavy atom. The summed E-state index contributed by atoms with van der Waals surface area (Å²) in [6.07, 6.45) is 0.577. The number of rotatable bonds is 7. The van der Waals surface area contributed by atoms with Crippen LogP contribution in [0, 0.1) is 0 Å². The van der Waals surface area contributed by atoms with Crippen LogP contribution in [0.2, 0.25) is 0 Å². The number of carbonyl (C=O) groups is 1. The Bertz CT molecular complexity index is 1290. The van der Waals surface area contributed by atoms with Gasteiger partial charge in [0.15, 0.2) is 0 Å². The highest BCUT2D eigenvalue weighted by Crippen LogP contribution is 2.28. The first kappa shape index (κ1) is 19.8. The number of amides is 1. The number of furan rings is 1. The molecule has 0 radical (unpaired) electrons. The maximum Gasteiger partial charge on any atom is 0.247 e. The molecule has 2 aromatic heterocycles. The zero-order chi connectivity index (χ0) is 21.8. The molecule has 2 heterocycles. The minimum atomic E-state index is -0.390. The number of hydrogen-bond acceptors (Lipinski definition) is 5. The molecule has 1 amide bonds. The van der Waals surface area contributed by atoms with Crippen molar-refractivity contribution in [2.45, 2.75) is 18.9 Å². The lowest BCUT2D eigenvalue weighted by molar-refractivity contribution is -0.121. The van der Waals surface area contributed by atoms with Crippen LogP contribution in [-0.2, 0) is 11.2 Å². The predicted octanol–water partition coefficient (Wildman–Crippen LogP) is 5.32. The third-order valence-electron chi connectivity index (χ3n) is 5.22. The van der Waals surface area contributed by atoms with E-state index in [1.165, 1.54) is 0 Å². The molecule has 158 valence electrons. The second-order valence-corrected chi connectivity index (χ2v) is 7.46. The van der Waals surface area contributed by atoms with E-state index >= 15 is 0 Å². The molecule has 0 bridgehead atoms. The van der Waals surface area contributed by atoms with Gasteiger partial charge in [-0.3, -0.25) is 4.79 Å². The summed E-state index contributed by atoms with van der Waals surface area (Å²) in [4.78, 5) is 12.8. The smallest absolute Gasteiger partial charge is 0.247 e. The summed E-state index contributed by atoms with van der Waals surface area (Å²) in [5.74, 6) is 1.44. The normalized spacial score (nSPS) is 12.0. The molecule has 5 rings (SSSR count). The van der Waals surface area contributed by atoms with Crippen molar-refractivity contribution < 1.29 is 13.6 Å². The van der Waals surface area contributed by atoms with E-state index in [4.69, 9.17) is 8.83 Å². The Morgan fingerprint density at radius 1 is 0.844 bits per heavy atom. The van der Waals surface area contributed by atoms with E-state index in [-0.39, 0.29) is 12.3 Å². The van der Waals surface area contributed by atoms with E-state index in [9.17, 15) is 4.79 Å². The molecule has 6 heteroatoms. The van der Waals surface area contributed by atoms with E-state index in [0.717, 1.165) is 22.1 Å². The molecule has 32 heavy (non-hydrogen) atoms. The molecule has 0 fully saturated rings. The van der Waals surface area contributed by atoms with E-state index in [1.807, 2.05) is 91.0 Å². The third kappa shape index (κ3) is 4.30. The van der Waals surface area contributed by atoms with Gasteiger partial charge in [0, 0.05) is 23.8 Å². The topological polar surface area (TPSA) is 81.2 Å². The highest BCUT2D eigenvalue weighted by Gasteiger charge is 2.21. The molecular weight excluding hydrogens is 402 g/mol. The van der Waals surface area contributed by atoms with Gasteiger partial charge in [-0.05, 0) is 29.8 Å². The molecule has 0 spiro atoms. The molecule has 0 saturated heterocycles. The first-order chi connectivity index (χ1) is 15.8. The highest BCUT2D eigenvalue weighted by atomic mass is 16.4. The summed E-state index contributed by atoms with van der Waals surface area (Å²) < 4.78 is 11.8. The van der Waals surface area contributed by atoms with Crippen molar-refractivity contribution in [3.05, 3.63) is 108 Å². The lowest BCUT2D eigenvalue weighted by Crippen LogP contribution is -2.29. The van der Waals surface area contributed by atoms with Crippen molar-refractivity contribution in [2.75, 3.05) is 0 Å². The van der Waals surface area contributed by atoms with Gasteiger partial charge >= 0.3 is 0 Å². The summed E-state index contributed by atoms with van der Waals surface area (Å²) in [5, 5.41) is 12.2. The Hall–Kier alpha value is -4.19. The van der Waals surface area contributed by atoms with Crippen molar-refractivity contribution in [2.24, 2.45) is 0 Å². The van der Waals surface area contributed by atoms with Crippen LogP contribution >= 0.6 is 0 Å². The predicted molar refractivity (Wildman–Crippen MR) is 121 cm³/mol. The van der Waals surface area contributed by atoms with Crippen LogP contribution in [0.15, 0.2) is 99.8 Å². The zero-order valence-electron chi connectivity index (χ0n) is 17.3. The number of fused-ring (bicyclic) bond motifs is 1. The van der Waals surface area contributed by atoms with Gasteiger partial charge < -0.3 is 14.2 Å². The Kier molecular flexibility index (Phi) is 5.49. The Balaban J connectivity index is 1.30. The lowest BCUT2D eigenvalue weighted by atomic mass is 10.0. The molecule has 0 aliphatic rings. The zero-order valence-corrected chi connectivity index (χ0v) is 17.3. The van der Waals surface area contributed by atoms with Gasteiger partial charge in [-0.2, -0.15) is 0 Å². The number of benzene rings is 3. The van der Waals surface area contributed by atoms with Gasteiger partial charge in [0.25, 0.3) is 0 Å². The molecule has 5 aromatic rings. The molecular formula is C26H21N3O3. The van der Waals surface area contributed by atoms with Crippen molar-refractivity contribution in [3.63, 3.8) is 0 Å². The van der Waals surface area contributed by atoms with Crippen molar-refractivity contribution in [3.8, 4) is 11.5 Å². The number of aryl methyl sites for hydroxylation is 1. The Morgan fingerprint density at radius 3 is 2.34 bits per heavy atom. The van der Waals surface area contributed by atoms with Gasteiger partial charge in [0.2, 0.25) is 17.7 Å². The third-order valence-corrected chi connectivity index (χ3v) is 5.22.